The van der Waals surface area contributed by atoms with Crippen LogP contribution >= 0.6 is 0 Å². The maximum atomic E-state index is 13.1. The zero-order chi connectivity index (χ0) is 57.9. The zero-order valence-electron chi connectivity index (χ0n) is 50.1. The van der Waals surface area contributed by atoms with E-state index in [0.717, 1.165) is 96.3 Å². The lowest BCUT2D eigenvalue weighted by molar-refractivity contribution is -0.332. The molecule has 7 N–H and O–H groups in total. The molecule has 2 fully saturated rings. The molecular formula is C66H116O14. The third kappa shape index (κ3) is 37.6. The zero-order valence-corrected chi connectivity index (χ0v) is 50.1. The second kappa shape index (κ2) is 52.0. The lowest BCUT2D eigenvalue weighted by Gasteiger charge is -2.42. The van der Waals surface area contributed by atoms with E-state index >= 15 is 0 Å². The van der Waals surface area contributed by atoms with Gasteiger partial charge in [0.2, 0.25) is 0 Å². The Kier molecular flexibility index (Phi) is 47.8. The van der Waals surface area contributed by atoms with Gasteiger partial charge in [-0.05, 0) is 64.2 Å². The topological polar surface area (TPSA) is 214 Å². The highest BCUT2D eigenvalue weighted by atomic mass is 16.7. The molecular weight excluding hydrogens is 1020 g/mol. The van der Waals surface area contributed by atoms with Gasteiger partial charge in [-0.1, -0.05) is 241 Å². The van der Waals surface area contributed by atoms with E-state index in [1.54, 1.807) is 0 Å². The van der Waals surface area contributed by atoms with Gasteiger partial charge in [0.1, 0.15) is 54.9 Å². The molecule has 0 saturated carbocycles. The Morgan fingerprint density at radius 3 is 1.27 bits per heavy atom. The van der Waals surface area contributed by atoms with Gasteiger partial charge in [0, 0.05) is 13.0 Å². The highest BCUT2D eigenvalue weighted by Gasteiger charge is 2.47. The van der Waals surface area contributed by atoms with E-state index in [1.807, 2.05) is 0 Å². The molecule has 464 valence electrons. The lowest BCUT2D eigenvalue weighted by atomic mass is 9.98. The third-order valence-corrected chi connectivity index (χ3v) is 15.0. The summed E-state index contributed by atoms with van der Waals surface area (Å²) in [5, 5.41) is 72.5. The number of carbonyl (C=O) groups excluding carboxylic acids is 1. The van der Waals surface area contributed by atoms with Crippen molar-refractivity contribution >= 4 is 5.97 Å². The first kappa shape index (κ1) is 73.5. The number of hydrogen-bond donors (Lipinski definition) is 7. The molecule has 0 spiro atoms. The standard InChI is InChI=1S/C66H116O14/c1-3-5-7-9-11-13-15-17-19-21-23-25-26-27-28-29-31-33-35-37-39-41-43-45-47-49-58(68)78-55(52-75-50-48-46-44-42-40-38-36-34-32-30-24-22-20-18-16-14-12-10-8-6-4-2)53-76-65-64(74)62(72)60(70)57(80-65)54-77-66-63(73)61(71)59(69)56(51-67)79-66/h5,7,11,13,17,19,23,25,27-28,31,33,55-57,59-67,69-74H,3-4,6,8-10,12,14-16,18,20-22,24,26,29-30,32,34-54H2,1-2H3/b7-5-,13-11-,19-17-,25-23-,28-27-,33-31-. The van der Waals surface area contributed by atoms with E-state index in [-0.39, 0.29) is 25.6 Å². The first-order valence-electron chi connectivity index (χ1n) is 32.0. The van der Waals surface area contributed by atoms with Crippen molar-refractivity contribution in [3.63, 3.8) is 0 Å². The summed E-state index contributed by atoms with van der Waals surface area (Å²) in [4.78, 5) is 13.1. The number of aliphatic hydroxyl groups excluding tert-OH is 7. The van der Waals surface area contributed by atoms with Gasteiger partial charge in [-0.25, -0.2) is 0 Å². The molecule has 0 aromatic heterocycles. The minimum Gasteiger partial charge on any atom is -0.457 e. The summed E-state index contributed by atoms with van der Waals surface area (Å²) in [5.74, 6) is -0.389. The smallest absolute Gasteiger partial charge is 0.306 e. The van der Waals surface area contributed by atoms with Gasteiger partial charge in [0.15, 0.2) is 12.6 Å². The van der Waals surface area contributed by atoms with Gasteiger partial charge in [-0.3, -0.25) is 4.79 Å². The normalized spacial score (nSPS) is 24.3. The average molecular weight is 1130 g/mol. The summed E-state index contributed by atoms with van der Waals surface area (Å²) in [7, 11) is 0. The summed E-state index contributed by atoms with van der Waals surface area (Å²) in [6, 6.07) is 0. The fraction of sp³-hybridized carbons (Fsp3) is 0.803. The van der Waals surface area contributed by atoms with E-state index in [4.69, 9.17) is 28.4 Å². The van der Waals surface area contributed by atoms with Crippen molar-refractivity contribution in [1.82, 2.24) is 0 Å². The number of aliphatic hydroxyl groups is 7. The van der Waals surface area contributed by atoms with Crippen LogP contribution in [0.25, 0.3) is 0 Å². The quantitative estimate of drug-likeness (QED) is 0.0172. The maximum absolute atomic E-state index is 13.1. The van der Waals surface area contributed by atoms with Gasteiger partial charge in [-0.15, -0.1) is 0 Å². The molecule has 0 radical (unpaired) electrons. The summed E-state index contributed by atoms with van der Waals surface area (Å²) in [5.41, 5.74) is 0. The highest BCUT2D eigenvalue weighted by molar-refractivity contribution is 5.69. The number of carbonyl (C=O) groups is 1. The van der Waals surface area contributed by atoms with Crippen molar-refractivity contribution in [2.24, 2.45) is 0 Å². The van der Waals surface area contributed by atoms with E-state index in [2.05, 4.69) is 86.8 Å². The number of allylic oxidation sites excluding steroid dienone is 12. The summed E-state index contributed by atoms with van der Waals surface area (Å²) in [6.45, 7) is 3.59. The van der Waals surface area contributed by atoms with Gasteiger partial charge < -0.3 is 64.2 Å². The van der Waals surface area contributed by atoms with Gasteiger partial charge >= 0.3 is 5.97 Å². The Balaban J connectivity index is 1.69. The van der Waals surface area contributed by atoms with Crippen LogP contribution in [0.2, 0.25) is 0 Å². The predicted octanol–water partition coefficient (Wildman–Crippen LogP) is 12.6. The molecule has 0 bridgehead atoms. The molecule has 0 amide bonds. The van der Waals surface area contributed by atoms with Crippen LogP contribution in [-0.2, 0) is 33.2 Å². The van der Waals surface area contributed by atoms with Crippen LogP contribution in [0.4, 0.5) is 0 Å². The van der Waals surface area contributed by atoms with Crippen LogP contribution in [0.1, 0.15) is 239 Å². The molecule has 0 aromatic rings. The molecule has 14 nitrogen and oxygen atoms in total. The first-order valence-corrected chi connectivity index (χ1v) is 32.0. The molecule has 2 saturated heterocycles. The van der Waals surface area contributed by atoms with Gasteiger partial charge in [-0.2, -0.15) is 0 Å². The number of rotatable bonds is 52. The molecule has 0 aromatic carbocycles. The Bertz CT molecular complexity index is 1600. The summed E-state index contributed by atoms with van der Waals surface area (Å²) < 4.78 is 34.5. The molecule has 2 aliphatic rings. The second-order valence-corrected chi connectivity index (χ2v) is 22.2. The van der Waals surface area contributed by atoms with Crippen molar-refractivity contribution in [1.29, 1.82) is 0 Å². The Labute approximate surface area is 485 Å². The van der Waals surface area contributed by atoms with E-state index in [1.165, 1.54) is 116 Å². The van der Waals surface area contributed by atoms with Crippen molar-refractivity contribution in [3.05, 3.63) is 72.9 Å². The van der Waals surface area contributed by atoms with Crippen LogP contribution in [-0.4, -0.2) is 142 Å². The molecule has 2 rings (SSSR count). The first-order chi connectivity index (χ1) is 39.1. The van der Waals surface area contributed by atoms with Crippen LogP contribution in [0.3, 0.4) is 0 Å². The van der Waals surface area contributed by atoms with E-state index < -0.39 is 80.7 Å². The molecule has 11 atom stereocenters. The number of ether oxygens (including phenoxy) is 6. The maximum Gasteiger partial charge on any atom is 0.306 e. The van der Waals surface area contributed by atoms with Crippen molar-refractivity contribution in [2.45, 2.75) is 306 Å². The van der Waals surface area contributed by atoms with Gasteiger partial charge in [0.25, 0.3) is 0 Å². The monoisotopic (exact) mass is 1130 g/mol. The molecule has 2 heterocycles. The molecule has 80 heavy (non-hydrogen) atoms. The Hall–Kier alpha value is -2.57. The second-order valence-electron chi connectivity index (χ2n) is 22.2. The van der Waals surface area contributed by atoms with Crippen LogP contribution in [0.5, 0.6) is 0 Å². The van der Waals surface area contributed by atoms with Crippen LogP contribution < -0.4 is 0 Å². The molecule has 0 aliphatic carbocycles. The average Bonchev–Trinajstić information content (AvgIpc) is 3.52. The minimum atomic E-state index is -1.71. The van der Waals surface area contributed by atoms with Crippen molar-refractivity contribution in [2.75, 3.05) is 33.0 Å². The van der Waals surface area contributed by atoms with Crippen LogP contribution in [0, 0.1) is 0 Å². The fourth-order valence-corrected chi connectivity index (χ4v) is 9.88. The largest absolute Gasteiger partial charge is 0.457 e. The lowest BCUT2D eigenvalue weighted by Crippen LogP contribution is -2.61. The molecule has 11 unspecified atom stereocenters. The predicted molar refractivity (Wildman–Crippen MR) is 321 cm³/mol. The Morgan fingerprint density at radius 1 is 0.425 bits per heavy atom. The van der Waals surface area contributed by atoms with Crippen molar-refractivity contribution in [3.8, 4) is 0 Å². The van der Waals surface area contributed by atoms with Crippen molar-refractivity contribution < 1.29 is 69.0 Å². The van der Waals surface area contributed by atoms with E-state index in [9.17, 15) is 40.5 Å². The SMILES string of the molecule is CC/C=C\C/C=C\C/C=C\C/C=C\C/C=C\C/C=C\CCCCCCCCC(=O)OC(COCCCCCCCCCCCCCCCCCCCCCCC)COC1OC(COC2OC(CO)C(O)C(O)C2O)C(O)C(O)C1O. The highest BCUT2D eigenvalue weighted by Crippen LogP contribution is 2.27. The summed E-state index contributed by atoms with van der Waals surface area (Å²) >= 11 is 0. The fourth-order valence-electron chi connectivity index (χ4n) is 9.88. The Morgan fingerprint density at radius 2 is 0.812 bits per heavy atom. The number of hydrogen-bond acceptors (Lipinski definition) is 14. The number of unbranched alkanes of at least 4 members (excludes halogenated alkanes) is 26. The third-order valence-electron chi connectivity index (χ3n) is 15.0. The van der Waals surface area contributed by atoms with Crippen LogP contribution in [0.15, 0.2) is 72.9 Å². The molecule has 14 heteroatoms. The van der Waals surface area contributed by atoms with E-state index in [0.29, 0.717) is 13.0 Å². The summed E-state index contributed by atoms with van der Waals surface area (Å²) in [6.07, 6.45) is 51.0. The van der Waals surface area contributed by atoms with Gasteiger partial charge in [0.05, 0.1) is 26.4 Å². The molecule has 2 aliphatic heterocycles. The minimum absolute atomic E-state index is 0.0549. The number of esters is 1.